The molecule has 0 saturated carbocycles. The molecule has 0 fully saturated rings. The molecule has 0 saturated heterocycles. The molecule has 0 aliphatic rings. The third-order valence-electron chi connectivity index (χ3n) is 4.04. The van der Waals surface area contributed by atoms with E-state index in [2.05, 4.69) is 12.3 Å². The first-order chi connectivity index (χ1) is 12.6. The molecule has 2 atom stereocenters. The van der Waals surface area contributed by atoms with E-state index in [1.165, 1.54) is 0 Å². The zero-order valence-corrected chi connectivity index (χ0v) is 15.1. The van der Waals surface area contributed by atoms with Crippen LogP contribution in [0.1, 0.15) is 29.8 Å². The van der Waals surface area contributed by atoms with Gasteiger partial charge in [0.1, 0.15) is 17.6 Å². The molecule has 2 aromatic rings. The third kappa shape index (κ3) is 5.11. The van der Waals surface area contributed by atoms with Crippen molar-refractivity contribution in [3.8, 4) is 11.5 Å². The Bertz CT molecular complexity index is 803. The smallest absolute Gasteiger partial charge is 0.119 e. The number of hydrogen-bond acceptors (Lipinski definition) is 4. The molecule has 0 aliphatic heterocycles. The summed E-state index contributed by atoms with van der Waals surface area (Å²) < 4.78 is 10.4. The number of rotatable bonds is 8. The maximum atomic E-state index is 10.5. The van der Waals surface area contributed by atoms with Crippen LogP contribution in [0, 0.1) is 0 Å². The number of benzene rings is 2. The lowest BCUT2D eigenvalue weighted by atomic mass is 10.0. The van der Waals surface area contributed by atoms with E-state index in [1.807, 2.05) is 36.4 Å². The van der Waals surface area contributed by atoms with Crippen molar-refractivity contribution in [1.82, 2.24) is 0 Å². The molecule has 26 heavy (non-hydrogen) atoms. The maximum Gasteiger partial charge on any atom is 0.119 e. The van der Waals surface area contributed by atoms with Gasteiger partial charge in [-0.15, -0.1) is 5.73 Å². The summed E-state index contributed by atoms with van der Waals surface area (Å²) >= 11 is 0. The summed E-state index contributed by atoms with van der Waals surface area (Å²) in [6, 6.07) is 14.5. The summed E-state index contributed by atoms with van der Waals surface area (Å²) in [7, 11) is 3.17. The lowest BCUT2D eigenvalue weighted by molar-refractivity contribution is 0.181. The molecular weight excluding hydrogens is 328 g/mol. The Morgan fingerprint density at radius 3 is 2.19 bits per heavy atom. The average molecular weight is 352 g/mol. The highest BCUT2D eigenvalue weighted by Gasteiger charge is 2.12. The normalized spacial score (nSPS) is 13.1. The zero-order chi connectivity index (χ0) is 18.9. The Kier molecular flexibility index (Phi) is 7.24. The van der Waals surface area contributed by atoms with Crippen molar-refractivity contribution in [3.05, 3.63) is 89.7 Å². The molecule has 0 spiro atoms. The Balaban J connectivity index is 2.05. The van der Waals surface area contributed by atoms with Gasteiger partial charge < -0.3 is 19.7 Å². The molecule has 0 radical (unpaired) electrons. The summed E-state index contributed by atoms with van der Waals surface area (Å²) in [6.45, 7) is 3.65. The lowest BCUT2D eigenvalue weighted by Crippen LogP contribution is -2.00. The van der Waals surface area contributed by atoms with Crippen LogP contribution in [0.4, 0.5) is 0 Å². The van der Waals surface area contributed by atoms with Crippen molar-refractivity contribution in [2.24, 2.45) is 0 Å². The van der Waals surface area contributed by atoms with Crippen LogP contribution < -0.4 is 9.47 Å². The Hall–Kier alpha value is -2.78. The van der Waals surface area contributed by atoms with Gasteiger partial charge in [0.25, 0.3) is 0 Å². The minimum Gasteiger partial charge on any atom is -0.497 e. The lowest BCUT2D eigenvalue weighted by Gasteiger charge is -2.13. The Labute approximate surface area is 154 Å². The molecule has 0 heterocycles. The van der Waals surface area contributed by atoms with Gasteiger partial charge in [0.05, 0.1) is 20.3 Å². The fourth-order valence-electron chi connectivity index (χ4n) is 2.55. The molecule has 0 aliphatic carbocycles. The van der Waals surface area contributed by atoms with Gasteiger partial charge >= 0.3 is 0 Å². The number of aliphatic hydroxyl groups excluding tert-OH is 2. The van der Waals surface area contributed by atoms with Crippen LogP contribution in [0.5, 0.6) is 11.5 Å². The molecule has 0 aromatic heterocycles. The van der Waals surface area contributed by atoms with Gasteiger partial charge in [-0.25, -0.2) is 0 Å². The number of ether oxygens (including phenoxy) is 2. The first kappa shape index (κ1) is 19.5. The van der Waals surface area contributed by atoms with Crippen LogP contribution in [-0.2, 0) is 0 Å². The number of aliphatic hydroxyl groups is 2. The first-order valence-corrected chi connectivity index (χ1v) is 8.29. The highest BCUT2D eigenvalue weighted by atomic mass is 16.5. The Morgan fingerprint density at radius 1 is 1.04 bits per heavy atom. The first-order valence-electron chi connectivity index (χ1n) is 8.29. The molecule has 2 unspecified atom stereocenters. The van der Waals surface area contributed by atoms with Crippen molar-refractivity contribution in [2.45, 2.75) is 18.6 Å². The second kappa shape index (κ2) is 9.64. The highest BCUT2D eigenvalue weighted by molar-refractivity contribution is 5.36. The molecule has 0 amide bonds. The molecule has 4 heteroatoms. The summed E-state index contributed by atoms with van der Waals surface area (Å²) in [5.74, 6) is 1.37. The summed E-state index contributed by atoms with van der Waals surface area (Å²) in [4.78, 5) is 0. The van der Waals surface area contributed by atoms with Gasteiger partial charge in [-0.1, -0.05) is 43.0 Å². The van der Waals surface area contributed by atoms with Crippen molar-refractivity contribution in [1.29, 1.82) is 0 Å². The average Bonchev–Trinajstić information content (AvgIpc) is 2.70. The molecular formula is C22H24O4. The van der Waals surface area contributed by atoms with E-state index in [0.717, 1.165) is 5.56 Å². The van der Waals surface area contributed by atoms with Crippen molar-refractivity contribution in [3.63, 3.8) is 0 Å². The minimum atomic E-state index is -0.868. The number of methoxy groups -OCH3 is 2. The van der Waals surface area contributed by atoms with Crippen molar-refractivity contribution >= 4 is 0 Å². The SMILES string of the molecule is C=C=C(/C=C/CC(O)c1cccc(OC)c1)C(O)c1cccc(OC)c1. The minimum absolute atomic E-state index is 0.392. The molecule has 136 valence electrons. The second-order valence-electron chi connectivity index (χ2n) is 5.74. The molecule has 2 rings (SSSR count). The van der Waals surface area contributed by atoms with Crippen LogP contribution in [0.3, 0.4) is 0 Å². The second-order valence-corrected chi connectivity index (χ2v) is 5.74. The monoisotopic (exact) mass is 352 g/mol. The van der Waals surface area contributed by atoms with E-state index in [4.69, 9.17) is 9.47 Å². The third-order valence-corrected chi connectivity index (χ3v) is 4.04. The van der Waals surface area contributed by atoms with Gasteiger partial charge in [0, 0.05) is 5.57 Å². The largest absolute Gasteiger partial charge is 0.497 e. The van der Waals surface area contributed by atoms with E-state index in [1.54, 1.807) is 38.5 Å². The molecule has 2 aromatic carbocycles. The van der Waals surface area contributed by atoms with Crippen molar-refractivity contribution < 1.29 is 19.7 Å². The Morgan fingerprint density at radius 2 is 1.62 bits per heavy atom. The van der Waals surface area contributed by atoms with E-state index in [9.17, 15) is 10.2 Å². The standard InChI is InChI=1S/C22H24O4/c1-4-16(22(24)18-10-6-12-20(15-18)26-3)8-7-13-21(23)17-9-5-11-19(14-17)25-2/h5-12,14-15,21-24H,1,13H2,2-3H3/b8-7+. The fraction of sp³-hybridized carbons (Fsp3) is 0.227. The van der Waals surface area contributed by atoms with E-state index in [0.29, 0.717) is 29.1 Å². The predicted molar refractivity (Wildman–Crippen MR) is 102 cm³/mol. The van der Waals surface area contributed by atoms with Crippen LogP contribution in [0.2, 0.25) is 0 Å². The molecule has 4 nitrogen and oxygen atoms in total. The topological polar surface area (TPSA) is 58.9 Å². The van der Waals surface area contributed by atoms with Crippen LogP contribution >= 0.6 is 0 Å². The van der Waals surface area contributed by atoms with Gasteiger partial charge in [-0.05, 0) is 41.8 Å². The van der Waals surface area contributed by atoms with E-state index >= 15 is 0 Å². The van der Waals surface area contributed by atoms with Crippen LogP contribution in [-0.4, -0.2) is 24.4 Å². The highest BCUT2D eigenvalue weighted by Crippen LogP contribution is 2.26. The summed E-state index contributed by atoms with van der Waals surface area (Å²) in [5.41, 5.74) is 4.74. The summed E-state index contributed by atoms with van der Waals surface area (Å²) in [6.07, 6.45) is 2.37. The van der Waals surface area contributed by atoms with Gasteiger partial charge in [0.15, 0.2) is 0 Å². The van der Waals surface area contributed by atoms with Gasteiger partial charge in [0.2, 0.25) is 0 Å². The maximum absolute atomic E-state index is 10.5. The van der Waals surface area contributed by atoms with Gasteiger partial charge in [-0.3, -0.25) is 0 Å². The molecule has 2 N–H and O–H groups in total. The quantitative estimate of drug-likeness (QED) is 0.554. The van der Waals surface area contributed by atoms with Crippen molar-refractivity contribution in [2.75, 3.05) is 14.2 Å². The van der Waals surface area contributed by atoms with E-state index in [-0.39, 0.29) is 0 Å². The number of hydrogen-bond donors (Lipinski definition) is 2. The fourth-order valence-corrected chi connectivity index (χ4v) is 2.55. The summed E-state index contributed by atoms with van der Waals surface area (Å²) in [5, 5.41) is 20.8. The van der Waals surface area contributed by atoms with Crippen LogP contribution in [0.25, 0.3) is 0 Å². The predicted octanol–water partition coefficient (Wildman–Crippen LogP) is 4.13. The zero-order valence-electron chi connectivity index (χ0n) is 15.1. The van der Waals surface area contributed by atoms with E-state index < -0.39 is 12.2 Å². The van der Waals surface area contributed by atoms with Crippen LogP contribution in [0.15, 0.2) is 78.6 Å². The van der Waals surface area contributed by atoms with Gasteiger partial charge in [-0.2, -0.15) is 0 Å². The molecule has 0 bridgehead atoms.